The summed E-state index contributed by atoms with van der Waals surface area (Å²) in [5.41, 5.74) is 3.47. The Morgan fingerprint density at radius 1 is 0.522 bits per heavy atom. The maximum Gasteiger partial charge on any atom is 0.164 e. The molecule has 12 rings (SSSR count). The van der Waals surface area contributed by atoms with Crippen molar-refractivity contribution in [1.82, 2.24) is 0 Å². The lowest BCUT2D eigenvalue weighted by molar-refractivity contribution is -0.0196. The Hall–Kier alpha value is -2.70. The summed E-state index contributed by atoms with van der Waals surface area (Å²) in [4.78, 5) is 0. The van der Waals surface area contributed by atoms with Crippen LogP contribution in [0, 0.1) is 35.5 Å². The molecule has 6 heteroatoms. The molecule has 2 aliphatic heterocycles. The van der Waals surface area contributed by atoms with Gasteiger partial charge >= 0.3 is 0 Å². The first-order valence-electron chi connectivity index (χ1n) is 18.4. The van der Waals surface area contributed by atoms with E-state index in [1.54, 1.807) is 23.7 Å². The van der Waals surface area contributed by atoms with Gasteiger partial charge in [-0.15, -0.1) is 0 Å². The molecule has 0 saturated heterocycles. The van der Waals surface area contributed by atoms with Crippen LogP contribution in [-0.4, -0.2) is 39.6 Å². The summed E-state index contributed by atoms with van der Waals surface area (Å²) in [7, 11) is 0. The van der Waals surface area contributed by atoms with Crippen LogP contribution in [0.2, 0.25) is 0 Å². The Labute approximate surface area is 272 Å². The zero-order valence-electron chi connectivity index (χ0n) is 27.1. The lowest BCUT2D eigenvalue weighted by atomic mass is 9.44. The first-order chi connectivity index (χ1) is 22.6. The van der Waals surface area contributed by atoms with Crippen molar-refractivity contribution < 1.29 is 28.4 Å². The van der Waals surface area contributed by atoms with E-state index in [4.69, 9.17) is 28.4 Å². The maximum absolute atomic E-state index is 7.09. The molecule has 0 spiro atoms. The molecule has 46 heavy (non-hydrogen) atoms. The van der Waals surface area contributed by atoms with Gasteiger partial charge in [-0.1, -0.05) is 24.3 Å². The fourth-order valence-electron chi connectivity index (χ4n) is 12.5. The van der Waals surface area contributed by atoms with Crippen LogP contribution in [-0.2, 0) is 29.8 Å². The van der Waals surface area contributed by atoms with Crippen molar-refractivity contribution in [3.05, 3.63) is 59.4 Å². The van der Waals surface area contributed by atoms with E-state index >= 15 is 0 Å². The Morgan fingerprint density at radius 3 is 1.20 bits per heavy atom. The Balaban J connectivity index is 1.13. The number of hydrogen-bond donors (Lipinski definition) is 0. The number of ether oxygens (including phenoxy) is 6. The van der Waals surface area contributed by atoms with Crippen LogP contribution in [0.1, 0.15) is 88.2 Å². The highest BCUT2D eigenvalue weighted by atomic mass is 16.6. The minimum absolute atomic E-state index is 0.171. The molecular weight excluding hydrogens is 576 g/mol. The summed E-state index contributed by atoms with van der Waals surface area (Å²) < 4.78 is 36.5. The van der Waals surface area contributed by atoms with Gasteiger partial charge in [-0.2, -0.15) is 0 Å². The van der Waals surface area contributed by atoms with Gasteiger partial charge in [-0.3, -0.25) is 0 Å². The quantitative estimate of drug-likeness (QED) is 0.197. The molecule has 0 amide bonds. The topological polar surface area (TPSA) is 62.0 Å². The molecule has 0 radical (unpaired) electrons. The molecule has 0 unspecified atom stereocenters. The van der Waals surface area contributed by atoms with Crippen molar-refractivity contribution in [2.24, 2.45) is 35.5 Å². The van der Waals surface area contributed by atoms with Crippen LogP contribution >= 0.6 is 0 Å². The van der Waals surface area contributed by atoms with Gasteiger partial charge < -0.3 is 28.4 Å². The molecular formula is C40H48O6. The molecule has 0 atom stereocenters. The van der Waals surface area contributed by atoms with Crippen LogP contribution in [0.3, 0.4) is 0 Å². The molecule has 0 N–H and O–H groups in total. The first kappa shape index (κ1) is 28.3. The summed E-state index contributed by atoms with van der Waals surface area (Å²) >= 11 is 0. The average molecular weight is 625 g/mol. The van der Waals surface area contributed by atoms with Crippen LogP contribution < -0.4 is 9.47 Å². The maximum atomic E-state index is 7.09. The van der Waals surface area contributed by atoms with Crippen molar-refractivity contribution in [3.63, 3.8) is 0 Å². The lowest BCUT2D eigenvalue weighted by Gasteiger charge is -2.61. The predicted molar refractivity (Wildman–Crippen MR) is 175 cm³/mol. The smallest absolute Gasteiger partial charge is 0.164 e. The molecule has 2 aromatic rings. The van der Waals surface area contributed by atoms with Gasteiger partial charge in [0, 0.05) is 32.7 Å². The van der Waals surface area contributed by atoms with E-state index in [-0.39, 0.29) is 10.8 Å². The van der Waals surface area contributed by atoms with Crippen molar-refractivity contribution >= 4 is 10.8 Å². The Kier molecular flexibility index (Phi) is 6.72. The molecule has 10 aliphatic rings. The number of rotatable bonds is 14. The number of hydrogen-bond acceptors (Lipinski definition) is 6. The second-order valence-electron chi connectivity index (χ2n) is 16.6. The van der Waals surface area contributed by atoms with Crippen molar-refractivity contribution in [2.45, 2.75) is 87.9 Å². The molecule has 2 heterocycles. The summed E-state index contributed by atoms with van der Waals surface area (Å²) in [5.74, 6) is 9.24. The van der Waals surface area contributed by atoms with Crippen LogP contribution in [0.25, 0.3) is 10.8 Å². The second-order valence-corrected chi connectivity index (χ2v) is 16.6. The summed E-state index contributed by atoms with van der Waals surface area (Å²) in [6.45, 7) is 3.26. The normalized spacial score (nSPS) is 37.1. The first-order valence-corrected chi connectivity index (χ1v) is 18.4. The van der Waals surface area contributed by atoms with E-state index in [0.717, 1.165) is 58.5 Å². The fraction of sp³-hybridized carbons (Fsp3) is 0.650. The molecule has 6 nitrogen and oxygen atoms in total. The van der Waals surface area contributed by atoms with Gasteiger partial charge in [0.1, 0.15) is 50.5 Å². The molecule has 2 aromatic carbocycles. The number of fused-ring (bicyclic) bond motifs is 1. The summed E-state index contributed by atoms with van der Waals surface area (Å²) in [5, 5.41) is 2.42. The third kappa shape index (κ3) is 4.96. The molecule has 0 aromatic heterocycles. The third-order valence-corrected chi connectivity index (χ3v) is 13.3. The summed E-state index contributed by atoms with van der Waals surface area (Å²) in [6, 6.07) is 8.96. The second kappa shape index (κ2) is 10.9. The highest BCUT2D eigenvalue weighted by Gasteiger charge is 2.59. The fourth-order valence-corrected chi connectivity index (χ4v) is 12.5. The Bertz CT molecular complexity index is 1400. The van der Waals surface area contributed by atoms with Gasteiger partial charge in [-0.05, 0) is 113 Å². The molecule has 8 fully saturated rings. The van der Waals surface area contributed by atoms with Gasteiger partial charge in [0.15, 0.2) is 11.5 Å². The highest BCUT2D eigenvalue weighted by molar-refractivity contribution is 5.97. The van der Waals surface area contributed by atoms with E-state index in [1.165, 1.54) is 87.8 Å². The van der Waals surface area contributed by atoms with Crippen molar-refractivity contribution in [2.75, 3.05) is 39.6 Å². The zero-order chi connectivity index (χ0) is 30.3. The minimum atomic E-state index is 0.171. The molecule has 8 saturated carbocycles. The largest absolute Gasteiger partial charge is 0.490 e. The highest BCUT2D eigenvalue weighted by Crippen LogP contribution is 2.69. The summed E-state index contributed by atoms with van der Waals surface area (Å²) in [6.07, 6.45) is 20.0. The zero-order valence-corrected chi connectivity index (χ0v) is 27.1. The molecule has 244 valence electrons. The van der Waals surface area contributed by atoms with Crippen molar-refractivity contribution in [3.8, 4) is 11.5 Å². The van der Waals surface area contributed by atoms with Gasteiger partial charge in [-0.25, -0.2) is 0 Å². The average Bonchev–Trinajstić information content (AvgIpc) is 3.96. The van der Waals surface area contributed by atoms with E-state index < -0.39 is 0 Å². The predicted octanol–water partition coefficient (Wildman–Crippen LogP) is 8.31. The standard InChI is InChI=1S/C40H48O6/c1-2-4-34-33(3-1)37(43-7-5-41-21-31-23-45-31)35(39-15-25-9-26(16-39)11-27(10-25)17-39)36(38(34)44-8-6-42-22-32-24-46-32)40-18-28-12-29(19-40)14-30(13-28)20-40/h1-4,23-30H,5-22H2. The number of benzene rings is 2. The van der Waals surface area contributed by atoms with Crippen molar-refractivity contribution in [1.29, 1.82) is 0 Å². The van der Waals surface area contributed by atoms with E-state index in [1.807, 2.05) is 0 Å². The molecule has 8 bridgehead atoms. The van der Waals surface area contributed by atoms with E-state index in [0.29, 0.717) is 39.6 Å². The van der Waals surface area contributed by atoms with E-state index in [9.17, 15) is 0 Å². The monoisotopic (exact) mass is 624 g/mol. The lowest BCUT2D eigenvalue weighted by Crippen LogP contribution is -2.52. The molecule has 8 aliphatic carbocycles. The Morgan fingerprint density at radius 2 is 0.870 bits per heavy atom. The van der Waals surface area contributed by atoms with Gasteiger partial charge in [0.2, 0.25) is 0 Å². The minimum Gasteiger partial charge on any atom is -0.490 e. The van der Waals surface area contributed by atoms with Crippen LogP contribution in [0.15, 0.2) is 48.3 Å². The van der Waals surface area contributed by atoms with Crippen LogP contribution in [0.4, 0.5) is 0 Å². The van der Waals surface area contributed by atoms with E-state index in [2.05, 4.69) is 24.3 Å². The SMILES string of the molecule is C1=C(COCCOc2c(C34CC5CC(CC(C5)C3)C4)c(C34CC5CC(CC(C5)C3)C4)c(OCCOCC3=CO3)c3ccccc23)O1. The van der Waals surface area contributed by atoms with Crippen LogP contribution in [0.5, 0.6) is 11.5 Å². The third-order valence-electron chi connectivity index (χ3n) is 13.3. The van der Waals surface area contributed by atoms with Gasteiger partial charge in [0.05, 0.1) is 13.2 Å². The van der Waals surface area contributed by atoms with Gasteiger partial charge in [0.25, 0.3) is 0 Å².